The van der Waals surface area contributed by atoms with Crippen LogP contribution >= 0.6 is 0 Å². The van der Waals surface area contributed by atoms with Crippen LogP contribution in [0.25, 0.3) is 22.2 Å². The van der Waals surface area contributed by atoms with E-state index in [2.05, 4.69) is 23.4 Å². The lowest BCUT2D eigenvalue weighted by molar-refractivity contribution is -0.0365. The van der Waals surface area contributed by atoms with Crippen molar-refractivity contribution in [1.29, 1.82) is 0 Å². The summed E-state index contributed by atoms with van der Waals surface area (Å²) in [6.45, 7) is 3.74. The minimum absolute atomic E-state index is 0.00504. The maximum absolute atomic E-state index is 6.02. The average molecular weight is 382 g/mol. The van der Waals surface area contributed by atoms with Crippen LogP contribution in [0.15, 0.2) is 30.6 Å². The molecule has 2 aliphatic heterocycles. The summed E-state index contributed by atoms with van der Waals surface area (Å²) in [5.41, 5.74) is 3.04. The molecule has 1 aromatic carbocycles. The molecule has 2 aliphatic rings. The third-order valence-electron chi connectivity index (χ3n) is 5.39. The summed E-state index contributed by atoms with van der Waals surface area (Å²) in [6.07, 6.45) is 9.07. The number of benzene rings is 1. The van der Waals surface area contributed by atoms with E-state index in [1.165, 1.54) is 6.42 Å². The number of hydrogen-bond donors (Lipinski definition) is 0. The minimum atomic E-state index is -0.00504. The first kappa shape index (κ1) is 17.7. The lowest BCUT2D eigenvalue weighted by Crippen LogP contribution is -2.19. The van der Waals surface area contributed by atoms with E-state index in [-0.39, 0.29) is 6.23 Å². The van der Waals surface area contributed by atoms with E-state index >= 15 is 0 Å². The van der Waals surface area contributed by atoms with Crippen molar-refractivity contribution in [3.8, 4) is 17.0 Å². The molecule has 0 N–H and O–H groups in total. The molecule has 2 aromatic heterocycles. The Labute approximate surface area is 164 Å². The SMILES string of the molecule is c1cc2c3cc1OCCCOCCCn1cc(cn1)-c3nn2C1CCCCO1. The van der Waals surface area contributed by atoms with Gasteiger partial charge in [-0.3, -0.25) is 4.68 Å². The van der Waals surface area contributed by atoms with Gasteiger partial charge in [-0.05, 0) is 43.9 Å². The molecule has 28 heavy (non-hydrogen) atoms. The summed E-state index contributed by atoms with van der Waals surface area (Å²) >= 11 is 0. The van der Waals surface area contributed by atoms with Crippen LogP contribution in [0.2, 0.25) is 0 Å². The number of hydrogen-bond acceptors (Lipinski definition) is 5. The molecule has 3 aromatic rings. The molecule has 1 fully saturated rings. The monoisotopic (exact) mass is 382 g/mol. The van der Waals surface area contributed by atoms with Crippen LogP contribution in [0, 0.1) is 0 Å². The van der Waals surface area contributed by atoms with Gasteiger partial charge in [0, 0.05) is 49.9 Å². The van der Waals surface area contributed by atoms with Gasteiger partial charge < -0.3 is 14.2 Å². The molecule has 1 unspecified atom stereocenters. The Morgan fingerprint density at radius 1 is 1.00 bits per heavy atom. The quantitative estimate of drug-likeness (QED) is 0.641. The molecule has 0 radical (unpaired) electrons. The van der Waals surface area contributed by atoms with Crippen molar-refractivity contribution in [2.24, 2.45) is 0 Å². The highest BCUT2D eigenvalue weighted by atomic mass is 16.5. The second kappa shape index (κ2) is 7.93. The summed E-state index contributed by atoms with van der Waals surface area (Å²) in [4.78, 5) is 0. The number of ether oxygens (including phenoxy) is 3. The number of nitrogens with zero attached hydrogens (tertiary/aromatic N) is 4. The predicted molar refractivity (Wildman–Crippen MR) is 105 cm³/mol. The van der Waals surface area contributed by atoms with Crippen LogP contribution in [0.3, 0.4) is 0 Å². The molecule has 7 heteroatoms. The fraction of sp³-hybridized carbons (Fsp3) is 0.524. The molecular weight excluding hydrogens is 356 g/mol. The van der Waals surface area contributed by atoms with E-state index in [1.54, 1.807) is 0 Å². The largest absolute Gasteiger partial charge is 0.493 e. The van der Waals surface area contributed by atoms with E-state index in [0.29, 0.717) is 6.61 Å². The molecule has 5 rings (SSSR count). The van der Waals surface area contributed by atoms with Crippen molar-refractivity contribution in [3.63, 3.8) is 0 Å². The first-order chi connectivity index (χ1) is 13.9. The van der Waals surface area contributed by atoms with E-state index in [0.717, 1.165) is 80.0 Å². The zero-order valence-electron chi connectivity index (χ0n) is 16.0. The topological polar surface area (TPSA) is 63.3 Å². The Balaban J connectivity index is 1.59. The summed E-state index contributed by atoms with van der Waals surface area (Å²) < 4.78 is 21.7. The van der Waals surface area contributed by atoms with Crippen LogP contribution in [-0.4, -0.2) is 46.0 Å². The van der Waals surface area contributed by atoms with Gasteiger partial charge in [-0.25, -0.2) is 4.68 Å². The van der Waals surface area contributed by atoms with Gasteiger partial charge in [0.05, 0.1) is 18.3 Å². The highest BCUT2D eigenvalue weighted by Gasteiger charge is 2.22. The number of aromatic nitrogens is 4. The van der Waals surface area contributed by atoms with Crippen molar-refractivity contribution < 1.29 is 14.2 Å². The zero-order valence-corrected chi connectivity index (χ0v) is 16.0. The highest BCUT2D eigenvalue weighted by molar-refractivity contribution is 5.94. The fourth-order valence-corrected chi connectivity index (χ4v) is 3.95. The van der Waals surface area contributed by atoms with E-state index < -0.39 is 0 Å². The van der Waals surface area contributed by atoms with Gasteiger partial charge in [0.2, 0.25) is 0 Å². The molecule has 1 atom stereocenters. The Hall–Kier alpha value is -2.38. The molecule has 0 aliphatic carbocycles. The average Bonchev–Trinajstić information content (AvgIpc) is 3.34. The highest BCUT2D eigenvalue weighted by Crippen LogP contribution is 2.34. The summed E-state index contributed by atoms with van der Waals surface area (Å²) in [5, 5.41) is 10.6. The first-order valence-corrected chi connectivity index (χ1v) is 10.3. The van der Waals surface area contributed by atoms with E-state index in [1.807, 2.05) is 21.6 Å². The van der Waals surface area contributed by atoms with Crippen molar-refractivity contribution in [3.05, 3.63) is 30.6 Å². The standard InChI is InChI=1S/C21H26N4O3/c1-2-11-28-20(5-1)25-19-7-6-17-13-18(19)21(23-25)16-14-22-24(15-16)8-3-9-26-10-4-12-27-17/h6-7,13-15,20H,1-5,8-12H2. The van der Waals surface area contributed by atoms with Crippen LogP contribution in [0.1, 0.15) is 38.3 Å². The Bertz CT molecular complexity index is 942. The van der Waals surface area contributed by atoms with Crippen LogP contribution in [0.5, 0.6) is 5.75 Å². The molecule has 1 saturated heterocycles. The fourth-order valence-electron chi connectivity index (χ4n) is 3.95. The molecular formula is C21H26N4O3. The zero-order chi connectivity index (χ0) is 18.8. The predicted octanol–water partition coefficient (Wildman–Crippen LogP) is 3.79. The third-order valence-corrected chi connectivity index (χ3v) is 5.39. The van der Waals surface area contributed by atoms with Gasteiger partial charge >= 0.3 is 0 Å². The first-order valence-electron chi connectivity index (χ1n) is 10.3. The number of fused-ring (bicyclic) bond motifs is 4. The Morgan fingerprint density at radius 3 is 2.89 bits per heavy atom. The van der Waals surface area contributed by atoms with Crippen molar-refractivity contribution in [2.75, 3.05) is 26.4 Å². The van der Waals surface area contributed by atoms with Crippen molar-refractivity contribution in [1.82, 2.24) is 19.6 Å². The maximum atomic E-state index is 6.02. The lowest BCUT2D eigenvalue weighted by Gasteiger charge is -2.23. The summed E-state index contributed by atoms with van der Waals surface area (Å²) in [6, 6.07) is 6.21. The number of rotatable bonds is 1. The molecule has 4 bridgehead atoms. The second-order valence-corrected chi connectivity index (χ2v) is 7.45. The smallest absolute Gasteiger partial charge is 0.150 e. The number of aryl methyl sites for hydroxylation is 1. The van der Waals surface area contributed by atoms with Gasteiger partial charge in [0.1, 0.15) is 11.4 Å². The molecule has 7 nitrogen and oxygen atoms in total. The van der Waals surface area contributed by atoms with Crippen LogP contribution < -0.4 is 4.74 Å². The van der Waals surface area contributed by atoms with Crippen LogP contribution in [-0.2, 0) is 16.0 Å². The van der Waals surface area contributed by atoms with Crippen molar-refractivity contribution in [2.45, 2.75) is 44.9 Å². The molecule has 4 heterocycles. The molecule has 0 amide bonds. The minimum Gasteiger partial charge on any atom is -0.493 e. The summed E-state index contributed by atoms with van der Waals surface area (Å²) in [7, 11) is 0. The van der Waals surface area contributed by atoms with E-state index in [4.69, 9.17) is 19.3 Å². The van der Waals surface area contributed by atoms with Gasteiger partial charge in [0.25, 0.3) is 0 Å². The Kier molecular flexibility index (Phi) is 5.01. The van der Waals surface area contributed by atoms with Gasteiger partial charge in [-0.2, -0.15) is 10.2 Å². The molecule has 0 saturated carbocycles. The third kappa shape index (κ3) is 3.52. The van der Waals surface area contributed by atoms with Gasteiger partial charge in [0.15, 0.2) is 6.23 Å². The van der Waals surface area contributed by atoms with E-state index in [9.17, 15) is 0 Å². The van der Waals surface area contributed by atoms with Gasteiger partial charge in [-0.15, -0.1) is 0 Å². The van der Waals surface area contributed by atoms with Crippen molar-refractivity contribution >= 4 is 10.9 Å². The van der Waals surface area contributed by atoms with Crippen LogP contribution in [0.4, 0.5) is 0 Å². The second-order valence-electron chi connectivity index (χ2n) is 7.45. The normalized spacial score (nSPS) is 21.2. The van der Waals surface area contributed by atoms with Gasteiger partial charge in [-0.1, -0.05) is 0 Å². The Morgan fingerprint density at radius 2 is 1.96 bits per heavy atom. The lowest BCUT2D eigenvalue weighted by atomic mass is 10.1. The molecule has 0 spiro atoms. The summed E-state index contributed by atoms with van der Waals surface area (Å²) in [5.74, 6) is 0.861. The maximum Gasteiger partial charge on any atom is 0.150 e. The molecule has 148 valence electrons.